The van der Waals surface area contributed by atoms with E-state index in [1.165, 1.54) is 27.1 Å². The molecule has 0 amide bonds. The van der Waals surface area contributed by atoms with E-state index in [0.29, 0.717) is 0 Å². The van der Waals surface area contributed by atoms with Gasteiger partial charge >= 0.3 is 0 Å². The SMILES string of the molecule is CC=C1C=c2c(C)c(C)ccc2=CC1. The van der Waals surface area contributed by atoms with E-state index < -0.39 is 0 Å². The molecule has 1 aromatic carbocycles. The summed E-state index contributed by atoms with van der Waals surface area (Å²) in [6.45, 7) is 6.49. The third-order valence-electron chi connectivity index (χ3n) is 3.08. The molecule has 1 aromatic rings. The highest BCUT2D eigenvalue weighted by molar-refractivity contribution is 5.57. The zero-order chi connectivity index (χ0) is 10.1. The molecule has 0 unspecified atom stereocenters. The van der Waals surface area contributed by atoms with Crippen molar-refractivity contribution in [2.24, 2.45) is 0 Å². The minimum atomic E-state index is 1.08. The molecule has 0 nitrogen and oxygen atoms in total. The summed E-state index contributed by atoms with van der Waals surface area (Å²) in [7, 11) is 0. The van der Waals surface area contributed by atoms with Gasteiger partial charge in [0.2, 0.25) is 0 Å². The number of rotatable bonds is 0. The van der Waals surface area contributed by atoms with Gasteiger partial charge in [0, 0.05) is 0 Å². The van der Waals surface area contributed by atoms with E-state index in [2.05, 4.69) is 51.1 Å². The number of benzene rings is 1. The van der Waals surface area contributed by atoms with E-state index in [4.69, 9.17) is 0 Å². The van der Waals surface area contributed by atoms with E-state index in [1.807, 2.05) is 0 Å². The van der Waals surface area contributed by atoms with E-state index in [-0.39, 0.29) is 0 Å². The van der Waals surface area contributed by atoms with E-state index in [1.54, 1.807) is 0 Å². The number of fused-ring (bicyclic) bond motifs is 1. The first-order valence-electron chi connectivity index (χ1n) is 5.15. The molecule has 1 aliphatic carbocycles. The summed E-state index contributed by atoms with van der Waals surface area (Å²) >= 11 is 0. The molecule has 0 heteroatoms. The van der Waals surface area contributed by atoms with Gasteiger partial charge in [-0.2, -0.15) is 0 Å². The lowest BCUT2D eigenvalue weighted by Gasteiger charge is -2.08. The summed E-state index contributed by atoms with van der Waals surface area (Å²) in [4.78, 5) is 0. The monoisotopic (exact) mass is 184 g/mol. The molecule has 0 atom stereocenters. The highest BCUT2D eigenvalue weighted by Gasteiger charge is 2.01. The van der Waals surface area contributed by atoms with Gasteiger partial charge in [-0.1, -0.05) is 30.4 Å². The average Bonchev–Trinajstić information content (AvgIpc) is 2.23. The van der Waals surface area contributed by atoms with Gasteiger partial charge in [-0.15, -0.1) is 0 Å². The molecule has 0 bridgehead atoms. The predicted octanol–water partition coefficient (Wildman–Crippen LogP) is 2.21. The Balaban J connectivity index is 2.82. The summed E-state index contributed by atoms with van der Waals surface area (Å²) in [6.07, 6.45) is 7.90. The van der Waals surface area contributed by atoms with Gasteiger partial charge in [0.05, 0.1) is 0 Å². The zero-order valence-electron chi connectivity index (χ0n) is 9.09. The molecule has 0 saturated heterocycles. The smallest absolute Gasteiger partial charge is 0.00913 e. The minimum Gasteiger partial charge on any atom is -0.0841 e. The molecular formula is C14H16. The second kappa shape index (κ2) is 3.45. The predicted molar refractivity (Wildman–Crippen MR) is 62.5 cm³/mol. The largest absolute Gasteiger partial charge is 0.0841 e. The Hall–Kier alpha value is -1.30. The zero-order valence-corrected chi connectivity index (χ0v) is 9.09. The molecule has 0 radical (unpaired) electrons. The van der Waals surface area contributed by atoms with Crippen LogP contribution < -0.4 is 10.4 Å². The molecule has 14 heavy (non-hydrogen) atoms. The van der Waals surface area contributed by atoms with Crippen LogP contribution in [0.3, 0.4) is 0 Å². The van der Waals surface area contributed by atoms with Gasteiger partial charge in [-0.3, -0.25) is 0 Å². The first-order chi connectivity index (χ1) is 6.72. The van der Waals surface area contributed by atoms with Gasteiger partial charge in [0.1, 0.15) is 0 Å². The van der Waals surface area contributed by atoms with Crippen molar-refractivity contribution in [2.75, 3.05) is 0 Å². The molecule has 72 valence electrons. The molecule has 0 fully saturated rings. The fourth-order valence-electron chi connectivity index (χ4n) is 1.90. The number of hydrogen-bond acceptors (Lipinski definition) is 0. The van der Waals surface area contributed by atoms with Crippen molar-refractivity contribution in [3.8, 4) is 0 Å². The lowest BCUT2D eigenvalue weighted by Crippen LogP contribution is -2.30. The summed E-state index contributed by atoms with van der Waals surface area (Å²) < 4.78 is 0. The maximum atomic E-state index is 2.32. The topological polar surface area (TPSA) is 0 Å². The molecular weight excluding hydrogens is 168 g/mol. The Morgan fingerprint density at radius 1 is 1.21 bits per heavy atom. The Bertz CT molecular complexity index is 502. The molecule has 0 N–H and O–H groups in total. The maximum absolute atomic E-state index is 2.32. The van der Waals surface area contributed by atoms with Crippen molar-refractivity contribution < 1.29 is 0 Å². The third kappa shape index (κ3) is 1.41. The van der Waals surface area contributed by atoms with Crippen LogP contribution in [0.1, 0.15) is 24.5 Å². The third-order valence-corrected chi connectivity index (χ3v) is 3.08. The quantitative estimate of drug-likeness (QED) is 0.580. The Morgan fingerprint density at radius 2 is 2.00 bits per heavy atom. The van der Waals surface area contributed by atoms with Crippen LogP contribution in [0.2, 0.25) is 0 Å². The molecule has 1 aliphatic rings. The molecule has 2 rings (SSSR count). The van der Waals surface area contributed by atoms with Gasteiger partial charge in [-0.05, 0) is 54.3 Å². The standard InChI is InChI=1S/C14H16/c1-4-12-6-8-13-7-5-10(2)11(3)14(13)9-12/h4-5,7-9H,6H2,1-3H3. The van der Waals surface area contributed by atoms with Crippen LogP contribution in [0.5, 0.6) is 0 Å². The van der Waals surface area contributed by atoms with Gasteiger partial charge in [0.25, 0.3) is 0 Å². The average molecular weight is 184 g/mol. The van der Waals surface area contributed by atoms with Crippen LogP contribution >= 0.6 is 0 Å². The van der Waals surface area contributed by atoms with Crippen LogP contribution in [0, 0.1) is 13.8 Å². The van der Waals surface area contributed by atoms with Crippen molar-refractivity contribution in [1.29, 1.82) is 0 Å². The number of aryl methyl sites for hydroxylation is 1. The molecule has 0 aliphatic heterocycles. The van der Waals surface area contributed by atoms with Crippen molar-refractivity contribution in [3.63, 3.8) is 0 Å². The van der Waals surface area contributed by atoms with Crippen molar-refractivity contribution in [1.82, 2.24) is 0 Å². The molecule has 0 aromatic heterocycles. The second-order valence-electron chi connectivity index (χ2n) is 3.93. The van der Waals surface area contributed by atoms with Crippen molar-refractivity contribution >= 4 is 12.2 Å². The Kier molecular flexibility index (Phi) is 2.28. The van der Waals surface area contributed by atoms with E-state index in [0.717, 1.165) is 6.42 Å². The number of hydrogen-bond donors (Lipinski definition) is 0. The van der Waals surface area contributed by atoms with Crippen LogP contribution in [-0.2, 0) is 0 Å². The molecule has 0 spiro atoms. The summed E-state index contributed by atoms with van der Waals surface area (Å²) in [5.41, 5.74) is 4.22. The van der Waals surface area contributed by atoms with Crippen molar-refractivity contribution in [3.05, 3.63) is 45.3 Å². The number of allylic oxidation sites excluding steroid dienone is 2. The van der Waals surface area contributed by atoms with Gasteiger partial charge < -0.3 is 0 Å². The highest BCUT2D eigenvalue weighted by atomic mass is 14.1. The fourth-order valence-corrected chi connectivity index (χ4v) is 1.90. The normalized spacial score (nSPS) is 17.2. The highest BCUT2D eigenvalue weighted by Crippen LogP contribution is 2.08. The maximum Gasteiger partial charge on any atom is -0.00913 e. The fraction of sp³-hybridized carbons (Fsp3) is 0.286. The minimum absolute atomic E-state index is 1.08. The Morgan fingerprint density at radius 3 is 2.71 bits per heavy atom. The van der Waals surface area contributed by atoms with Crippen molar-refractivity contribution in [2.45, 2.75) is 27.2 Å². The summed E-state index contributed by atoms with van der Waals surface area (Å²) in [6, 6.07) is 4.43. The van der Waals surface area contributed by atoms with Crippen LogP contribution in [0.4, 0.5) is 0 Å². The lowest BCUT2D eigenvalue weighted by molar-refractivity contribution is 1.23. The summed E-state index contributed by atoms with van der Waals surface area (Å²) in [5.74, 6) is 0. The first kappa shape index (κ1) is 9.26. The first-order valence-corrected chi connectivity index (χ1v) is 5.15. The Labute approximate surface area is 85.3 Å². The van der Waals surface area contributed by atoms with Gasteiger partial charge in [-0.25, -0.2) is 0 Å². The van der Waals surface area contributed by atoms with E-state index >= 15 is 0 Å². The molecule has 0 heterocycles. The second-order valence-corrected chi connectivity index (χ2v) is 3.93. The van der Waals surface area contributed by atoms with Gasteiger partial charge in [0.15, 0.2) is 0 Å². The molecule has 0 saturated carbocycles. The van der Waals surface area contributed by atoms with E-state index in [9.17, 15) is 0 Å². The van der Waals surface area contributed by atoms with Crippen LogP contribution in [0.25, 0.3) is 12.2 Å². The van der Waals surface area contributed by atoms with Crippen LogP contribution in [-0.4, -0.2) is 0 Å². The lowest BCUT2D eigenvalue weighted by atomic mass is 9.97. The summed E-state index contributed by atoms with van der Waals surface area (Å²) in [5, 5.41) is 2.79. The van der Waals surface area contributed by atoms with Crippen LogP contribution in [0.15, 0.2) is 23.8 Å².